The number of nitrogens with zero attached hydrogens (tertiary/aromatic N) is 1. The van der Waals surface area contributed by atoms with Crippen LogP contribution in [0.25, 0.3) is 0 Å². The molecule has 2 saturated carbocycles. The molecule has 2 aliphatic carbocycles. The Bertz CT molecular complexity index is 435. The predicted octanol–water partition coefficient (Wildman–Crippen LogP) is 2.58. The van der Waals surface area contributed by atoms with Crippen LogP contribution in [-0.4, -0.2) is 29.9 Å². The molecule has 3 N–H and O–H groups in total. The summed E-state index contributed by atoms with van der Waals surface area (Å²) in [7, 11) is 0. The summed E-state index contributed by atoms with van der Waals surface area (Å²) in [6.07, 6.45) is 5.43. The molecule has 0 saturated heterocycles. The van der Waals surface area contributed by atoms with E-state index in [1.165, 1.54) is 37.8 Å². The molecule has 0 radical (unpaired) electrons. The topological polar surface area (TPSA) is 53.1 Å². The van der Waals surface area contributed by atoms with E-state index in [-0.39, 0.29) is 5.92 Å². The molecule has 0 amide bonds. The predicted molar refractivity (Wildman–Crippen MR) is 78.4 cm³/mol. The summed E-state index contributed by atoms with van der Waals surface area (Å²) in [6.45, 7) is 2.13. The van der Waals surface area contributed by atoms with Gasteiger partial charge in [0.2, 0.25) is 0 Å². The summed E-state index contributed by atoms with van der Waals surface area (Å²) in [4.78, 5) is 2.58. The Morgan fingerprint density at radius 1 is 1.21 bits per heavy atom. The average molecular weight is 257 g/mol. The summed E-state index contributed by atoms with van der Waals surface area (Å²) < 4.78 is 0. The number of rotatable bonds is 7. The SMILES string of the molecule is N=C(N)C(CN(CC1CC1)C1CC1)c1ccccc1. The Balaban J connectivity index is 1.70. The lowest BCUT2D eigenvalue weighted by Gasteiger charge is -2.27. The minimum Gasteiger partial charge on any atom is -0.387 e. The van der Waals surface area contributed by atoms with E-state index in [9.17, 15) is 0 Å². The van der Waals surface area contributed by atoms with Gasteiger partial charge in [-0.05, 0) is 37.2 Å². The fourth-order valence-corrected chi connectivity index (χ4v) is 2.75. The highest BCUT2D eigenvalue weighted by molar-refractivity contribution is 5.84. The molecule has 19 heavy (non-hydrogen) atoms. The molecular formula is C16H23N3. The van der Waals surface area contributed by atoms with Gasteiger partial charge in [-0.15, -0.1) is 0 Å². The van der Waals surface area contributed by atoms with Gasteiger partial charge in [-0.2, -0.15) is 0 Å². The standard InChI is InChI=1S/C16H23N3/c17-16(18)15(13-4-2-1-3-5-13)11-19(14-8-9-14)10-12-6-7-12/h1-5,12,14-15H,6-11H2,(H3,17,18). The quantitative estimate of drug-likeness (QED) is 0.582. The fraction of sp³-hybridized carbons (Fsp3) is 0.562. The highest BCUT2D eigenvalue weighted by atomic mass is 15.2. The second kappa shape index (κ2) is 5.33. The van der Waals surface area contributed by atoms with Crippen LogP contribution in [0.2, 0.25) is 0 Å². The van der Waals surface area contributed by atoms with Gasteiger partial charge in [0.05, 0.1) is 11.8 Å². The van der Waals surface area contributed by atoms with Gasteiger partial charge in [0.15, 0.2) is 0 Å². The van der Waals surface area contributed by atoms with E-state index >= 15 is 0 Å². The van der Waals surface area contributed by atoms with Crippen LogP contribution in [0.15, 0.2) is 30.3 Å². The van der Waals surface area contributed by atoms with Crippen LogP contribution in [0.1, 0.15) is 37.2 Å². The first kappa shape index (κ1) is 12.7. The van der Waals surface area contributed by atoms with Crippen molar-refractivity contribution in [2.75, 3.05) is 13.1 Å². The minimum absolute atomic E-state index is 0.0561. The lowest BCUT2D eigenvalue weighted by molar-refractivity contribution is 0.249. The van der Waals surface area contributed by atoms with Crippen LogP contribution in [0.5, 0.6) is 0 Å². The highest BCUT2D eigenvalue weighted by Gasteiger charge is 2.35. The van der Waals surface area contributed by atoms with Gasteiger partial charge >= 0.3 is 0 Å². The van der Waals surface area contributed by atoms with E-state index in [1.54, 1.807) is 0 Å². The fourth-order valence-electron chi connectivity index (χ4n) is 2.75. The summed E-state index contributed by atoms with van der Waals surface area (Å²) in [5, 5.41) is 7.89. The zero-order valence-electron chi connectivity index (χ0n) is 11.4. The molecule has 102 valence electrons. The van der Waals surface area contributed by atoms with E-state index < -0.39 is 0 Å². The van der Waals surface area contributed by atoms with Crippen molar-refractivity contribution in [1.29, 1.82) is 5.41 Å². The lowest BCUT2D eigenvalue weighted by atomic mass is 9.97. The van der Waals surface area contributed by atoms with E-state index in [4.69, 9.17) is 11.1 Å². The second-order valence-corrected chi connectivity index (χ2v) is 6.05. The molecular weight excluding hydrogens is 234 g/mol. The Hall–Kier alpha value is -1.35. The largest absolute Gasteiger partial charge is 0.387 e. The Labute approximate surface area is 115 Å². The van der Waals surface area contributed by atoms with Crippen LogP contribution >= 0.6 is 0 Å². The molecule has 2 fully saturated rings. The normalized spacial score (nSPS) is 20.5. The number of hydrogen-bond donors (Lipinski definition) is 2. The van der Waals surface area contributed by atoms with Crippen molar-refractivity contribution in [2.24, 2.45) is 11.7 Å². The van der Waals surface area contributed by atoms with E-state index in [0.717, 1.165) is 18.5 Å². The van der Waals surface area contributed by atoms with Crippen molar-refractivity contribution < 1.29 is 0 Å². The molecule has 1 aromatic rings. The van der Waals surface area contributed by atoms with Gasteiger partial charge < -0.3 is 5.73 Å². The van der Waals surface area contributed by atoms with Gasteiger partial charge in [-0.25, -0.2) is 0 Å². The minimum atomic E-state index is 0.0561. The van der Waals surface area contributed by atoms with Crippen LogP contribution in [-0.2, 0) is 0 Å². The van der Waals surface area contributed by atoms with Crippen molar-refractivity contribution in [3.05, 3.63) is 35.9 Å². The van der Waals surface area contributed by atoms with Crippen LogP contribution in [0.3, 0.4) is 0 Å². The molecule has 0 heterocycles. The van der Waals surface area contributed by atoms with Crippen molar-refractivity contribution in [3.8, 4) is 0 Å². The Morgan fingerprint density at radius 2 is 1.89 bits per heavy atom. The summed E-state index contributed by atoms with van der Waals surface area (Å²) in [6, 6.07) is 11.0. The molecule has 0 bridgehead atoms. The molecule has 0 spiro atoms. The molecule has 1 unspecified atom stereocenters. The first-order valence-corrected chi connectivity index (χ1v) is 7.37. The molecule has 2 aliphatic rings. The van der Waals surface area contributed by atoms with Gasteiger partial charge in [-0.3, -0.25) is 10.3 Å². The second-order valence-electron chi connectivity index (χ2n) is 6.05. The van der Waals surface area contributed by atoms with E-state index in [1.807, 2.05) is 18.2 Å². The van der Waals surface area contributed by atoms with Gasteiger partial charge in [0, 0.05) is 19.1 Å². The van der Waals surface area contributed by atoms with Crippen molar-refractivity contribution in [3.63, 3.8) is 0 Å². The number of nitrogens with two attached hydrogens (primary N) is 1. The average Bonchev–Trinajstić information content (AvgIpc) is 3.27. The van der Waals surface area contributed by atoms with Crippen molar-refractivity contribution in [2.45, 2.75) is 37.6 Å². The van der Waals surface area contributed by atoms with Crippen LogP contribution < -0.4 is 5.73 Å². The molecule has 1 atom stereocenters. The lowest BCUT2D eigenvalue weighted by Crippen LogP contribution is -2.37. The molecule has 3 nitrogen and oxygen atoms in total. The summed E-state index contributed by atoms with van der Waals surface area (Å²) in [5.74, 6) is 1.26. The smallest absolute Gasteiger partial charge is 0.0995 e. The molecule has 1 aromatic carbocycles. The molecule has 3 rings (SSSR count). The molecule has 0 aliphatic heterocycles. The summed E-state index contributed by atoms with van der Waals surface area (Å²) in [5.41, 5.74) is 7.02. The molecule has 0 aromatic heterocycles. The summed E-state index contributed by atoms with van der Waals surface area (Å²) >= 11 is 0. The number of nitrogens with one attached hydrogen (secondary N) is 1. The number of benzene rings is 1. The van der Waals surface area contributed by atoms with E-state index in [2.05, 4.69) is 17.0 Å². The monoisotopic (exact) mass is 257 g/mol. The van der Waals surface area contributed by atoms with Gasteiger partial charge in [0.25, 0.3) is 0 Å². The van der Waals surface area contributed by atoms with Gasteiger partial charge in [0.1, 0.15) is 0 Å². The third-order valence-corrected chi connectivity index (χ3v) is 4.25. The van der Waals surface area contributed by atoms with Crippen molar-refractivity contribution >= 4 is 5.84 Å². The number of amidine groups is 1. The first-order valence-electron chi connectivity index (χ1n) is 7.37. The first-order chi connectivity index (χ1) is 9.24. The third kappa shape index (κ3) is 3.35. The van der Waals surface area contributed by atoms with Crippen molar-refractivity contribution in [1.82, 2.24) is 4.90 Å². The Morgan fingerprint density at radius 3 is 2.42 bits per heavy atom. The number of hydrogen-bond acceptors (Lipinski definition) is 2. The third-order valence-electron chi connectivity index (χ3n) is 4.25. The Kier molecular flexibility index (Phi) is 3.56. The maximum Gasteiger partial charge on any atom is 0.0995 e. The zero-order chi connectivity index (χ0) is 13.2. The maximum absolute atomic E-state index is 7.89. The zero-order valence-corrected chi connectivity index (χ0v) is 11.4. The van der Waals surface area contributed by atoms with E-state index in [0.29, 0.717) is 5.84 Å². The van der Waals surface area contributed by atoms with Crippen LogP contribution in [0, 0.1) is 11.3 Å². The molecule has 3 heteroatoms. The van der Waals surface area contributed by atoms with Crippen LogP contribution in [0.4, 0.5) is 0 Å². The maximum atomic E-state index is 7.89. The van der Waals surface area contributed by atoms with Gasteiger partial charge in [-0.1, -0.05) is 30.3 Å². The highest BCUT2D eigenvalue weighted by Crippen LogP contribution is 2.36.